The van der Waals surface area contributed by atoms with E-state index in [1.54, 1.807) is 28.0 Å². The maximum absolute atomic E-state index is 12.9. The van der Waals surface area contributed by atoms with E-state index < -0.39 is 17.8 Å². The number of benzene rings is 1. The van der Waals surface area contributed by atoms with Crippen LogP contribution in [-0.4, -0.2) is 39.8 Å². The SMILES string of the molecule is C=CC(=O)N1C[C@@H](n2cccn2)[C@H](OCc2cc(C(F)(F)F)ccc2Cl)C1. The molecule has 1 amide bonds. The zero-order valence-corrected chi connectivity index (χ0v) is 15.0. The number of hydrogen-bond acceptors (Lipinski definition) is 3. The highest BCUT2D eigenvalue weighted by Crippen LogP contribution is 2.33. The van der Waals surface area contributed by atoms with Gasteiger partial charge in [0.1, 0.15) is 0 Å². The van der Waals surface area contributed by atoms with Gasteiger partial charge in [-0.2, -0.15) is 18.3 Å². The molecule has 3 rings (SSSR count). The first-order valence-electron chi connectivity index (χ1n) is 8.17. The molecule has 2 atom stereocenters. The number of rotatable bonds is 5. The molecule has 1 aliphatic heterocycles. The molecule has 0 spiro atoms. The molecular weight excluding hydrogens is 383 g/mol. The van der Waals surface area contributed by atoms with Crippen molar-refractivity contribution >= 4 is 17.5 Å². The third-order valence-electron chi connectivity index (χ3n) is 4.41. The highest BCUT2D eigenvalue weighted by atomic mass is 35.5. The summed E-state index contributed by atoms with van der Waals surface area (Å²) in [5.41, 5.74) is -0.553. The van der Waals surface area contributed by atoms with Gasteiger partial charge in [0.25, 0.3) is 0 Å². The number of nitrogens with zero attached hydrogens (tertiary/aromatic N) is 3. The van der Waals surface area contributed by atoms with Gasteiger partial charge in [-0.1, -0.05) is 18.2 Å². The fourth-order valence-corrected chi connectivity index (χ4v) is 3.19. The summed E-state index contributed by atoms with van der Waals surface area (Å²) < 4.78 is 46.3. The summed E-state index contributed by atoms with van der Waals surface area (Å²) in [5.74, 6) is -0.240. The minimum absolute atomic E-state index is 0.110. The van der Waals surface area contributed by atoms with Crippen molar-refractivity contribution in [1.82, 2.24) is 14.7 Å². The standard InChI is InChI=1S/C18H17ClF3N3O2/c1-2-17(26)24-9-15(25-7-3-6-23-25)16(10-24)27-11-12-8-13(18(20,21)22)4-5-14(12)19/h2-8,15-16H,1,9-11H2/t15-,16-/m1/s1. The van der Waals surface area contributed by atoms with E-state index in [9.17, 15) is 18.0 Å². The first-order valence-corrected chi connectivity index (χ1v) is 8.55. The van der Waals surface area contributed by atoms with Crippen molar-refractivity contribution in [2.45, 2.75) is 24.9 Å². The molecular formula is C18H17ClF3N3O2. The van der Waals surface area contributed by atoms with Crippen LogP contribution in [-0.2, 0) is 22.3 Å². The Balaban J connectivity index is 1.77. The lowest BCUT2D eigenvalue weighted by molar-refractivity contribution is -0.137. The molecule has 0 unspecified atom stereocenters. The number of aromatic nitrogens is 2. The highest BCUT2D eigenvalue weighted by Gasteiger charge is 2.37. The van der Waals surface area contributed by atoms with Gasteiger partial charge in [0.05, 0.1) is 24.3 Å². The fourth-order valence-electron chi connectivity index (χ4n) is 3.02. The first kappa shape index (κ1) is 19.4. The van der Waals surface area contributed by atoms with Crippen LogP contribution in [0.25, 0.3) is 0 Å². The predicted octanol–water partition coefficient (Wildman–Crippen LogP) is 3.71. The molecule has 27 heavy (non-hydrogen) atoms. The van der Waals surface area contributed by atoms with Crippen LogP contribution in [0.1, 0.15) is 17.2 Å². The summed E-state index contributed by atoms with van der Waals surface area (Å²) in [7, 11) is 0. The van der Waals surface area contributed by atoms with Crippen LogP contribution in [0.3, 0.4) is 0 Å². The maximum Gasteiger partial charge on any atom is 0.416 e. The van der Waals surface area contributed by atoms with E-state index in [-0.39, 0.29) is 35.7 Å². The molecule has 0 N–H and O–H groups in total. The largest absolute Gasteiger partial charge is 0.416 e. The molecule has 2 heterocycles. The summed E-state index contributed by atoms with van der Waals surface area (Å²) in [5, 5.41) is 4.38. The van der Waals surface area contributed by atoms with Crippen LogP contribution in [0.5, 0.6) is 0 Å². The average molecular weight is 400 g/mol. The van der Waals surface area contributed by atoms with Crippen molar-refractivity contribution in [1.29, 1.82) is 0 Å². The number of ether oxygens (including phenoxy) is 1. The minimum Gasteiger partial charge on any atom is -0.369 e. The molecule has 9 heteroatoms. The Kier molecular flexibility index (Phi) is 5.57. The third-order valence-corrected chi connectivity index (χ3v) is 4.78. The molecule has 2 aromatic rings. The van der Waals surface area contributed by atoms with Crippen molar-refractivity contribution in [3.8, 4) is 0 Å². The van der Waals surface area contributed by atoms with Crippen molar-refractivity contribution in [3.63, 3.8) is 0 Å². The second-order valence-corrected chi connectivity index (χ2v) is 6.56. The second kappa shape index (κ2) is 7.74. The van der Waals surface area contributed by atoms with Gasteiger partial charge >= 0.3 is 6.18 Å². The molecule has 0 radical (unpaired) electrons. The van der Waals surface area contributed by atoms with Gasteiger partial charge in [-0.25, -0.2) is 0 Å². The second-order valence-electron chi connectivity index (χ2n) is 6.15. The third kappa shape index (κ3) is 4.33. The topological polar surface area (TPSA) is 47.4 Å². The van der Waals surface area contributed by atoms with Crippen LogP contribution in [0.4, 0.5) is 13.2 Å². The van der Waals surface area contributed by atoms with Crippen LogP contribution >= 0.6 is 11.6 Å². The lowest BCUT2D eigenvalue weighted by Crippen LogP contribution is -2.28. The molecule has 1 saturated heterocycles. The van der Waals surface area contributed by atoms with Crippen LogP contribution in [0.2, 0.25) is 5.02 Å². The van der Waals surface area contributed by atoms with Gasteiger partial charge in [-0.05, 0) is 35.9 Å². The maximum atomic E-state index is 12.9. The number of alkyl halides is 3. The van der Waals surface area contributed by atoms with Gasteiger partial charge in [0.2, 0.25) is 5.91 Å². The zero-order valence-electron chi connectivity index (χ0n) is 14.2. The highest BCUT2D eigenvalue weighted by molar-refractivity contribution is 6.31. The Labute approximate surface area is 159 Å². The fraction of sp³-hybridized carbons (Fsp3) is 0.333. The zero-order chi connectivity index (χ0) is 19.6. The normalized spacial score (nSPS) is 20.1. The van der Waals surface area contributed by atoms with Crippen LogP contribution in [0, 0.1) is 0 Å². The Hall–Kier alpha value is -2.32. The monoisotopic (exact) mass is 399 g/mol. The number of carbonyl (C=O) groups excluding carboxylic acids is 1. The van der Waals surface area contributed by atoms with Crippen LogP contribution < -0.4 is 0 Å². The van der Waals surface area contributed by atoms with E-state index in [1.165, 1.54) is 12.1 Å². The Morgan fingerprint density at radius 2 is 2.19 bits per heavy atom. The van der Waals surface area contributed by atoms with Crippen molar-refractivity contribution in [3.05, 3.63) is 65.5 Å². The molecule has 0 bridgehead atoms. The first-order chi connectivity index (χ1) is 12.8. The molecule has 1 aromatic carbocycles. The van der Waals surface area contributed by atoms with Gasteiger partial charge in [0.15, 0.2) is 0 Å². The molecule has 0 aliphatic carbocycles. The van der Waals surface area contributed by atoms with E-state index >= 15 is 0 Å². The summed E-state index contributed by atoms with van der Waals surface area (Å²) in [6.07, 6.45) is -0.331. The Bertz CT molecular complexity index is 824. The number of likely N-dealkylation sites (tertiary alicyclic amines) is 1. The smallest absolute Gasteiger partial charge is 0.369 e. The number of halogens is 4. The number of hydrogen-bond donors (Lipinski definition) is 0. The predicted molar refractivity (Wildman–Crippen MR) is 93.1 cm³/mol. The summed E-state index contributed by atoms with van der Waals surface area (Å²) in [4.78, 5) is 13.5. The quantitative estimate of drug-likeness (QED) is 0.720. The average Bonchev–Trinajstić information content (AvgIpc) is 3.28. The Morgan fingerprint density at radius 3 is 2.81 bits per heavy atom. The van der Waals surface area contributed by atoms with Crippen molar-refractivity contribution < 1.29 is 22.7 Å². The molecule has 1 aliphatic rings. The van der Waals surface area contributed by atoms with Gasteiger partial charge in [-0.15, -0.1) is 0 Å². The number of carbonyl (C=O) groups is 1. The van der Waals surface area contributed by atoms with E-state index in [2.05, 4.69) is 11.7 Å². The van der Waals surface area contributed by atoms with E-state index in [1.807, 2.05) is 0 Å². The van der Waals surface area contributed by atoms with E-state index in [0.717, 1.165) is 12.1 Å². The van der Waals surface area contributed by atoms with E-state index in [4.69, 9.17) is 16.3 Å². The number of amides is 1. The lowest BCUT2D eigenvalue weighted by Gasteiger charge is -2.20. The molecule has 1 aromatic heterocycles. The summed E-state index contributed by atoms with van der Waals surface area (Å²) in [6, 6.07) is 4.61. The van der Waals surface area contributed by atoms with Crippen molar-refractivity contribution in [2.24, 2.45) is 0 Å². The van der Waals surface area contributed by atoms with Gasteiger partial charge in [-0.3, -0.25) is 9.48 Å². The van der Waals surface area contributed by atoms with Gasteiger partial charge < -0.3 is 9.64 Å². The molecule has 1 fully saturated rings. The Morgan fingerprint density at radius 1 is 1.41 bits per heavy atom. The molecule has 5 nitrogen and oxygen atoms in total. The molecule has 144 valence electrons. The minimum atomic E-state index is -4.46. The summed E-state index contributed by atoms with van der Waals surface area (Å²) in [6.45, 7) is 4.02. The summed E-state index contributed by atoms with van der Waals surface area (Å²) >= 11 is 6.03. The molecule has 0 saturated carbocycles. The van der Waals surface area contributed by atoms with Gasteiger partial charge in [0, 0.05) is 30.5 Å². The van der Waals surface area contributed by atoms with Crippen molar-refractivity contribution in [2.75, 3.05) is 13.1 Å². The lowest BCUT2D eigenvalue weighted by atomic mass is 10.1. The van der Waals surface area contributed by atoms with Crippen LogP contribution in [0.15, 0.2) is 49.3 Å². The van der Waals surface area contributed by atoms with E-state index in [0.29, 0.717) is 6.54 Å².